The Hall–Kier alpha value is -0.740. The van der Waals surface area contributed by atoms with E-state index in [-0.39, 0.29) is 0 Å². The zero-order chi connectivity index (χ0) is 13.2. The van der Waals surface area contributed by atoms with Crippen molar-refractivity contribution < 1.29 is 48.6 Å². The van der Waals surface area contributed by atoms with Crippen molar-refractivity contribution in [2.24, 2.45) is 0 Å². The maximum atomic E-state index is 12.5. The van der Waals surface area contributed by atoms with Crippen LogP contribution < -0.4 is 0 Å². The van der Waals surface area contributed by atoms with Crippen molar-refractivity contribution in [3.8, 4) is 0 Å². The van der Waals surface area contributed by atoms with Gasteiger partial charge in [0.2, 0.25) is 0 Å². The highest BCUT2D eigenvalue weighted by atomic mass is 19.4. The predicted octanol–water partition coefficient (Wildman–Crippen LogP) is 3.11. The SMILES string of the molecule is FC(F)(F)C1(F)OC1(C(F)(F)F)C(F)(F)F. The molecule has 0 amide bonds. The van der Waals surface area contributed by atoms with Gasteiger partial charge in [0.05, 0.1) is 0 Å². The topological polar surface area (TPSA) is 12.5 Å². The van der Waals surface area contributed by atoms with Crippen LogP contribution in [0.3, 0.4) is 0 Å². The monoisotopic (exact) mass is 266 g/mol. The Bertz CT molecular complexity index is 282. The summed E-state index contributed by atoms with van der Waals surface area (Å²) < 4.78 is 121. The molecule has 1 rings (SSSR count). The van der Waals surface area contributed by atoms with Crippen LogP contribution in [0.5, 0.6) is 0 Å². The first kappa shape index (κ1) is 13.3. The van der Waals surface area contributed by atoms with E-state index in [0.717, 1.165) is 0 Å². The smallest absolute Gasteiger partial charge is 0.306 e. The second kappa shape index (κ2) is 2.74. The molecule has 1 aliphatic rings. The zero-order valence-corrected chi connectivity index (χ0v) is 6.69. The number of hydrogen-bond acceptors (Lipinski definition) is 1. The van der Waals surface area contributed by atoms with E-state index in [1.807, 2.05) is 0 Å². The molecule has 0 aliphatic carbocycles. The minimum atomic E-state index is -6.56. The van der Waals surface area contributed by atoms with E-state index in [0.29, 0.717) is 0 Å². The van der Waals surface area contributed by atoms with Crippen molar-refractivity contribution in [2.75, 3.05) is 0 Å². The van der Waals surface area contributed by atoms with Gasteiger partial charge in [-0.2, -0.15) is 43.9 Å². The fraction of sp³-hybridized carbons (Fsp3) is 1.00. The molecule has 11 heteroatoms. The summed E-state index contributed by atoms with van der Waals surface area (Å²) in [6.07, 6.45) is -19.6. The Labute approximate surface area is 80.0 Å². The lowest BCUT2D eigenvalue weighted by atomic mass is 10.0. The van der Waals surface area contributed by atoms with Crippen LogP contribution in [0.15, 0.2) is 0 Å². The van der Waals surface area contributed by atoms with Crippen molar-refractivity contribution >= 4 is 0 Å². The third kappa shape index (κ3) is 1.29. The highest BCUT2D eigenvalue weighted by Crippen LogP contribution is 2.70. The normalized spacial score (nSPS) is 30.4. The van der Waals surface area contributed by atoms with Gasteiger partial charge in [0.25, 0.3) is 0 Å². The lowest BCUT2D eigenvalue weighted by Gasteiger charge is -2.21. The zero-order valence-electron chi connectivity index (χ0n) is 6.69. The minimum Gasteiger partial charge on any atom is -0.306 e. The van der Waals surface area contributed by atoms with Crippen LogP contribution in [0.1, 0.15) is 0 Å². The van der Waals surface area contributed by atoms with Crippen LogP contribution >= 0.6 is 0 Å². The summed E-state index contributed by atoms with van der Waals surface area (Å²) in [5.74, 6) is -5.78. The van der Waals surface area contributed by atoms with Gasteiger partial charge >= 0.3 is 30.0 Å². The van der Waals surface area contributed by atoms with Crippen molar-refractivity contribution in [3.63, 3.8) is 0 Å². The maximum absolute atomic E-state index is 12.5. The molecule has 0 radical (unpaired) electrons. The quantitative estimate of drug-likeness (QED) is 0.484. The van der Waals surface area contributed by atoms with E-state index in [1.165, 1.54) is 0 Å². The molecule has 1 nitrogen and oxygen atoms in total. The molecule has 1 aliphatic heterocycles. The number of epoxide rings is 1. The van der Waals surface area contributed by atoms with Crippen molar-refractivity contribution in [1.82, 2.24) is 0 Å². The molecule has 96 valence electrons. The Morgan fingerprint density at radius 2 is 0.938 bits per heavy atom. The molecular formula is C5F10O. The predicted molar refractivity (Wildman–Crippen MR) is 25.8 cm³/mol. The molecule has 1 saturated heterocycles. The Kier molecular flexibility index (Phi) is 2.28. The summed E-state index contributed by atoms with van der Waals surface area (Å²) in [5, 5.41) is 0. The van der Waals surface area contributed by atoms with Crippen LogP contribution in [0.25, 0.3) is 0 Å². The molecule has 0 aromatic heterocycles. The first-order valence-electron chi connectivity index (χ1n) is 3.30. The molecule has 0 saturated carbocycles. The van der Waals surface area contributed by atoms with Gasteiger partial charge in [-0.05, 0) is 0 Å². The highest BCUT2D eigenvalue weighted by molar-refractivity contribution is 5.21. The lowest BCUT2D eigenvalue weighted by molar-refractivity contribution is -0.306. The molecule has 16 heavy (non-hydrogen) atoms. The van der Waals surface area contributed by atoms with Gasteiger partial charge in [0.1, 0.15) is 0 Å². The van der Waals surface area contributed by atoms with Crippen LogP contribution in [0, 0.1) is 0 Å². The number of ether oxygens (including phenoxy) is 1. The molecule has 1 unspecified atom stereocenters. The van der Waals surface area contributed by atoms with Gasteiger partial charge in [-0.25, -0.2) is 0 Å². The molecule has 0 aromatic rings. The van der Waals surface area contributed by atoms with Crippen LogP contribution in [0.4, 0.5) is 43.9 Å². The van der Waals surface area contributed by atoms with E-state index < -0.39 is 30.0 Å². The second-order valence-corrected chi connectivity index (χ2v) is 2.87. The first-order valence-corrected chi connectivity index (χ1v) is 3.30. The van der Waals surface area contributed by atoms with Crippen molar-refractivity contribution in [1.29, 1.82) is 0 Å². The fourth-order valence-electron chi connectivity index (χ4n) is 1.08. The summed E-state index contributed by atoms with van der Waals surface area (Å²) in [4.78, 5) is 0. The molecule has 1 atom stereocenters. The van der Waals surface area contributed by atoms with Crippen molar-refractivity contribution in [2.45, 2.75) is 30.0 Å². The molecule has 0 N–H and O–H groups in total. The molecule has 0 aromatic carbocycles. The van der Waals surface area contributed by atoms with Gasteiger partial charge in [-0.15, -0.1) is 0 Å². The molecule has 1 fully saturated rings. The fourth-order valence-corrected chi connectivity index (χ4v) is 1.08. The summed E-state index contributed by atoms with van der Waals surface area (Å²) >= 11 is 0. The van der Waals surface area contributed by atoms with Crippen LogP contribution in [-0.4, -0.2) is 30.0 Å². The lowest BCUT2D eigenvalue weighted by Crippen LogP contribution is -2.54. The number of rotatable bonds is 0. The Morgan fingerprint density at radius 3 is 1.00 bits per heavy atom. The van der Waals surface area contributed by atoms with E-state index in [1.54, 1.807) is 0 Å². The van der Waals surface area contributed by atoms with Gasteiger partial charge < -0.3 is 4.74 Å². The van der Waals surface area contributed by atoms with E-state index in [4.69, 9.17) is 0 Å². The van der Waals surface area contributed by atoms with E-state index >= 15 is 0 Å². The largest absolute Gasteiger partial charge is 0.452 e. The third-order valence-corrected chi connectivity index (χ3v) is 1.87. The standard InChI is InChI=1S/C5F10O/c6-2(5(13,14)15)1(16-2,3(7,8)9)4(10,11)12. The molecule has 0 bridgehead atoms. The minimum absolute atomic E-state index is 2.34. The van der Waals surface area contributed by atoms with Gasteiger partial charge in [-0.3, -0.25) is 0 Å². The summed E-state index contributed by atoms with van der Waals surface area (Å²) in [5.41, 5.74) is -5.83. The van der Waals surface area contributed by atoms with Crippen LogP contribution in [0.2, 0.25) is 0 Å². The second-order valence-electron chi connectivity index (χ2n) is 2.87. The molecule has 1 heterocycles. The molecular weight excluding hydrogens is 266 g/mol. The van der Waals surface area contributed by atoms with Crippen molar-refractivity contribution in [3.05, 3.63) is 0 Å². The van der Waals surface area contributed by atoms with E-state index in [9.17, 15) is 43.9 Å². The Balaban J connectivity index is 3.28. The average Bonchev–Trinajstić information content (AvgIpc) is 2.54. The number of halogens is 10. The van der Waals surface area contributed by atoms with Gasteiger partial charge in [-0.1, -0.05) is 0 Å². The molecule has 0 spiro atoms. The highest BCUT2D eigenvalue weighted by Gasteiger charge is 3.03. The number of hydrogen-bond donors (Lipinski definition) is 0. The maximum Gasteiger partial charge on any atom is 0.452 e. The summed E-state index contributed by atoms with van der Waals surface area (Å²) in [6, 6.07) is 0. The summed E-state index contributed by atoms with van der Waals surface area (Å²) in [7, 11) is 0. The summed E-state index contributed by atoms with van der Waals surface area (Å²) in [6.45, 7) is 0. The van der Waals surface area contributed by atoms with Crippen LogP contribution in [-0.2, 0) is 4.74 Å². The number of alkyl halides is 10. The Morgan fingerprint density at radius 1 is 0.625 bits per heavy atom. The third-order valence-electron chi connectivity index (χ3n) is 1.87. The van der Waals surface area contributed by atoms with Gasteiger partial charge in [0, 0.05) is 0 Å². The first-order chi connectivity index (χ1) is 6.71. The van der Waals surface area contributed by atoms with E-state index in [2.05, 4.69) is 4.74 Å². The average molecular weight is 266 g/mol. The van der Waals surface area contributed by atoms with Gasteiger partial charge in [0.15, 0.2) is 0 Å².